The molecule has 1 aliphatic rings. The van der Waals surface area contributed by atoms with Crippen LogP contribution in [0.15, 0.2) is 12.1 Å². The number of anilines is 1. The second-order valence-corrected chi connectivity index (χ2v) is 7.12. The molecular formula is C18H26N6O5. The predicted octanol–water partition coefficient (Wildman–Crippen LogP) is 1.51. The molecule has 11 heteroatoms. The van der Waals surface area contributed by atoms with Gasteiger partial charge in [-0.05, 0) is 19.9 Å². The second kappa shape index (κ2) is 9.05. The van der Waals surface area contributed by atoms with Crippen LogP contribution in [-0.2, 0) is 27.9 Å². The monoisotopic (exact) mass is 406 g/mol. The highest BCUT2D eigenvalue weighted by atomic mass is 16.6. The Morgan fingerprint density at radius 2 is 2.21 bits per heavy atom. The zero-order chi connectivity index (χ0) is 21.0. The van der Waals surface area contributed by atoms with Gasteiger partial charge < -0.3 is 24.8 Å². The minimum atomic E-state index is -0.462. The largest absolute Gasteiger partial charge is 0.444 e. The molecule has 2 aromatic rings. The topological polar surface area (TPSA) is 132 Å². The molecule has 29 heavy (non-hydrogen) atoms. The lowest BCUT2D eigenvalue weighted by molar-refractivity contribution is 0.0682. The number of H-pyrrole nitrogens is 1. The van der Waals surface area contributed by atoms with Crippen molar-refractivity contribution in [3.63, 3.8) is 0 Å². The van der Waals surface area contributed by atoms with Gasteiger partial charge >= 0.3 is 6.09 Å². The summed E-state index contributed by atoms with van der Waals surface area (Å²) < 4.78 is 17.6. The van der Waals surface area contributed by atoms with Gasteiger partial charge in [0, 0.05) is 32.7 Å². The number of amides is 2. The third-order valence-corrected chi connectivity index (χ3v) is 4.28. The molecule has 2 aromatic heterocycles. The summed E-state index contributed by atoms with van der Waals surface area (Å²) in [6.45, 7) is 4.35. The van der Waals surface area contributed by atoms with Crippen LogP contribution in [0.4, 0.5) is 10.6 Å². The van der Waals surface area contributed by atoms with Crippen molar-refractivity contribution >= 4 is 17.8 Å². The van der Waals surface area contributed by atoms with E-state index in [0.717, 1.165) is 0 Å². The molecule has 0 aromatic carbocycles. The lowest BCUT2D eigenvalue weighted by atomic mass is 10.1. The summed E-state index contributed by atoms with van der Waals surface area (Å²) in [5.74, 6) is 0.0318. The van der Waals surface area contributed by atoms with Crippen molar-refractivity contribution in [3.05, 3.63) is 29.2 Å². The quantitative estimate of drug-likeness (QED) is 0.635. The average Bonchev–Trinajstić information content (AvgIpc) is 3.35. The van der Waals surface area contributed by atoms with Gasteiger partial charge in [-0.25, -0.2) is 4.79 Å². The smallest absolute Gasteiger partial charge is 0.407 e. The maximum atomic E-state index is 12.5. The standard InChI is InChI=1S/C18H26N6O5/c1-10(2)19-18(26)29-12-6-15(28-9-12)13-7-16(22-21-13)20-17(25)14-5-11(8-27-4)23-24(14)3/h5,7,10,12,15H,6,8-9H2,1-4H3,(H,19,26)(H2,20,21,22,25)/t12-,15-/m0/s1. The van der Waals surface area contributed by atoms with Crippen molar-refractivity contribution in [2.24, 2.45) is 7.05 Å². The van der Waals surface area contributed by atoms with Crippen molar-refractivity contribution < 1.29 is 23.8 Å². The number of carbonyl (C=O) groups is 2. The maximum Gasteiger partial charge on any atom is 0.407 e. The minimum absolute atomic E-state index is 0.00407. The number of hydrogen-bond acceptors (Lipinski definition) is 7. The summed E-state index contributed by atoms with van der Waals surface area (Å²) >= 11 is 0. The number of rotatable bonds is 7. The van der Waals surface area contributed by atoms with Crippen LogP contribution in [0.3, 0.4) is 0 Å². The van der Waals surface area contributed by atoms with Gasteiger partial charge in [0.25, 0.3) is 5.91 Å². The molecule has 158 valence electrons. The van der Waals surface area contributed by atoms with Crippen LogP contribution in [0.5, 0.6) is 0 Å². The van der Waals surface area contributed by atoms with Crippen LogP contribution < -0.4 is 10.6 Å². The van der Waals surface area contributed by atoms with Crippen LogP contribution in [0, 0.1) is 0 Å². The molecule has 3 heterocycles. The number of aromatic nitrogens is 4. The number of nitrogens with zero attached hydrogens (tertiary/aromatic N) is 3. The molecule has 3 N–H and O–H groups in total. The molecule has 0 spiro atoms. The molecule has 0 bridgehead atoms. The highest BCUT2D eigenvalue weighted by Gasteiger charge is 2.31. The van der Waals surface area contributed by atoms with Crippen LogP contribution in [0.2, 0.25) is 0 Å². The Bertz CT molecular complexity index is 861. The molecule has 0 radical (unpaired) electrons. The van der Waals surface area contributed by atoms with E-state index in [1.165, 1.54) is 4.68 Å². The first-order valence-corrected chi connectivity index (χ1v) is 9.33. The molecule has 0 unspecified atom stereocenters. The Morgan fingerprint density at radius 1 is 1.41 bits per heavy atom. The van der Waals surface area contributed by atoms with Crippen molar-refractivity contribution in [1.29, 1.82) is 0 Å². The van der Waals surface area contributed by atoms with Gasteiger partial charge in [-0.1, -0.05) is 0 Å². The molecule has 2 atom stereocenters. The highest BCUT2D eigenvalue weighted by molar-refractivity contribution is 6.02. The fourth-order valence-corrected chi connectivity index (χ4v) is 3.02. The predicted molar refractivity (Wildman–Crippen MR) is 102 cm³/mol. The second-order valence-electron chi connectivity index (χ2n) is 7.12. The lowest BCUT2D eigenvalue weighted by Gasteiger charge is -2.13. The Balaban J connectivity index is 1.56. The van der Waals surface area contributed by atoms with Crippen LogP contribution in [0.1, 0.15) is 48.2 Å². The van der Waals surface area contributed by atoms with Crippen LogP contribution in [-0.4, -0.2) is 57.8 Å². The summed E-state index contributed by atoms with van der Waals surface area (Å²) in [4.78, 5) is 24.2. The first kappa shape index (κ1) is 20.8. The van der Waals surface area contributed by atoms with E-state index in [0.29, 0.717) is 42.5 Å². The molecule has 0 saturated carbocycles. The molecule has 1 saturated heterocycles. The molecule has 2 amide bonds. The highest BCUT2D eigenvalue weighted by Crippen LogP contribution is 2.30. The summed E-state index contributed by atoms with van der Waals surface area (Å²) in [5, 5.41) is 16.6. The number of nitrogens with one attached hydrogen (secondary N) is 3. The fraction of sp³-hybridized carbons (Fsp3) is 0.556. The minimum Gasteiger partial charge on any atom is -0.444 e. The Kier molecular flexibility index (Phi) is 6.49. The van der Waals surface area contributed by atoms with E-state index >= 15 is 0 Å². The number of methoxy groups -OCH3 is 1. The number of aryl methyl sites for hydroxylation is 1. The van der Waals surface area contributed by atoms with E-state index in [9.17, 15) is 9.59 Å². The van der Waals surface area contributed by atoms with Crippen molar-refractivity contribution in [3.8, 4) is 0 Å². The van der Waals surface area contributed by atoms with E-state index in [2.05, 4.69) is 25.9 Å². The average molecular weight is 406 g/mol. The maximum absolute atomic E-state index is 12.5. The molecule has 3 rings (SSSR count). The summed E-state index contributed by atoms with van der Waals surface area (Å²) in [6, 6.07) is 3.37. The fourth-order valence-electron chi connectivity index (χ4n) is 3.02. The van der Waals surface area contributed by atoms with Crippen molar-refractivity contribution in [1.82, 2.24) is 25.3 Å². The van der Waals surface area contributed by atoms with Crippen LogP contribution >= 0.6 is 0 Å². The summed E-state index contributed by atoms with van der Waals surface area (Å²) in [6.07, 6.45) is -0.594. The van der Waals surface area contributed by atoms with Gasteiger partial charge in [0.1, 0.15) is 17.9 Å². The molecule has 0 aliphatic carbocycles. The van der Waals surface area contributed by atoms with E-state index in [1.807, 2.05) is 13.8 Å². The Hall–Kier alpha value is -2.92. The number of alkyl carbamates (subject to hydrolysis) is 1. The first-order chi connectivity index (χ1) is 13.9. The molecule has 1 aliphatic heterocycles. The summed E-state index contributed by atoms with van der Waals surface area (Å²) in [5.41, 5.74) is 1.75. The van der Waals surface area contributed by atoms with Gasteiger partial charge in [-0.15, -0.1) is 0 Å². The summed E-state index contributed by atoms with van der Waals surface area (Å²) in [7, 11) is 3.25. The van der Waals surface area contributed by atoms with Crippen LogP contribution in [0.25, 0.3) is 0 Å². The van der Waals surface area contributed by atoms with Gasteiger partial charge in [-0.2, -0.15) is 10.2 Å². The van der Waals surface area contributed by atoms with Crippen molar-refractivity contribution in [2.45, 2.75) is 45.1 Å². The molecule has 11 nitrogen and oxygen atoms in total. The molecular weight excluding hydrogens is 380 g/mol. The first-order valence-electron chi connectivity index (χ1n) is 9.33. The van der Waals surface area contributed by atoms with Gasteiger partial charge in [0.15, 0.2) is 5.82 Å². The SMILES string of the molecule is COCc1cc(C(=O)Nc2cc([C@@H]3C[C@H](OC(=O)NC(C)C)CO3)[nH]n2)n(C)n1. The third kappa shape index (κ3) is 5.33. The lowest BCUT2D eigenvalue weighted by Crippen LogP contribution is -2.33. The van der Waals surface area contributed by atoms with Gasteiger partial charge in [0.05, 0.1) is 24.6 Å². The Labute approximate surface area is 168 Å². The Morgan fingerprint density at radius 3 is 2.93 bits per heavy atom. The normalized spacial score (nSPS) is 18.8. The van der Waals surface area contributed by atoms with Crippen molar-refractivity contribution in [2.75, 3.05) is 19.0 Å². The van der Waals surface area contributed by atoms with E-state index in [1.54, 1.807) is 26.3 Å². The van der Waals surface area contributed by atoms with E-state index in [4.69, 9.17) is 14.2 Å². The van der Waals surface area contributed by atoms with Gasteiger partial charge in [0.2, 0.25) is 0 Å². The zero-order valence-electron chi connectivity index (χ0n) is 16.9. The number of carbonyl (C=O) groups excluding carboxylic acids is 2. The molecule has 1 fully saturated rings. The number of aromatic amines is 1. The number of hydrogen-bond donors (Lipinski definition) is 3. The van der Waals surface area contributed by atoms with Gasteiger partial charge in [-0.3, -0.25) is 14.6 Å². The third-order valence-electron chi connectivity index (χ3n) is 4.28. The zero-order valence-corrected chi connectivity index (χ0v) is 16.9. The van der Waals surface area contributed by atoms with E-state index in [-0.39, 0.29) is 24.2 Å². The number of ether oxygens (including phenoxy) is 3. The van der Waals surface area contributed by atoms with E-state index < -0.39 is 6.09 Å².